The molecule has 0 unspecified atom stereocenters. The van der Waals surface area contributed by atoms with Crippen molar-refractivity contribution >= 4 is 72.1 Å². The number of benzene rings is 6. The highest BCUT2D eigenvalue weighted by molar-refractivity contribution is 7.92. The van der Waals surface area contributed by atoms with Gasteiger partial charge in [-0.25, -0.2) is 21.6 Å². The topological polar surface area (TPSA) is 275 Å². The first kappa shape index (κ1) is 54.7. The predicted molar refractivity (Wildman–Crippen MR) is 267 cm³/mol. The van der Waals surface area contributed by atoms with E-state index in [1.165, 1.54) is 68.4 Å². The summed E-state index contributed by atoms with van der Waals surface area (Å²) in [6.07, 6.45) is 1.03. The van der Waals surface area contributed by atoms with Crippen LogP contribution in [0.3, 0.4) is 0 Å². The molecule has 17 nitrogen and oxygen atoms in total. The molecule has 2 amide bonds. The molecule has 6 aromatic carbocycles. The van der Waals surface area contributed by atoms with Gasteiger partial charge in [-0.3, -0.25) is 28.6 Å². The molecular formula is C50H51N7O10S2. The largest absolute Gasteiger partial charge is 0.478 e. The van der Waals surface area contributed by atoms with Gasteiger partial charge in [0, 0.05) is 30.4 Å². The number of Topliss-reactive ketones (excluding diaryl/α,β-unsaturated/α-hetero) is 2. The van der Waals surface area contributed by atoms with E-state index in [9.17, 15) is 40.8 Å². The Morgan fingerprint density at radius 3 is 1.64 bits per heavy atom. The molecule has 0 spiro atoms. The van der Waals surface area contributed by atoms with Gasteiger partial charge in [-0.15, -0.1) is 0 Å². The van der Waals surface area contributed by atoms with Gasteiger partial charge < -0.3 is 26.4 Å². The SMILES string of the molecule is C.C=C(N)N(C)c1ccccc1C(=O)Nc1ccc(C#N)cc1.CC(=O)c1ccc(CNC(=O)c2ccccc2NS(C)(=O)=O)cc1.CC(=O)c1ccc(S(=O)(=O)Nc2ccccc2C(=O)O)cc1. The van der Waals surface area contributed by atoms with Crippen molar-refractivity contribution in [3.63, 3.8) is 0 Å². The number of nitrogens with zero attached hydrogens (tertiary/aromatic N) is 2. The Bertz CT molecular complexity index is 3100. The molecule has 0 aliphatic carbocycles. The number of carboxylic acids is 1. The Kier molecular flexibility index (Phi) is 19.7. The number of hydrogen-bond acceptors (Lipinski definition) is 12. The van der Waals surface area contributed by atoms with Crippen LogP contribution in [-0.4, -0.2) is 64.6 Å². The van der Waals surface area contributed by atoms with E-state index in [-0.39, 0.29) is 58.8 Å². The number of anilines is 4. The number of nitrogens with one attached hydrogen (secondary N) is 4. The first-order valence-corrected chi connectivity index (χ1v) is 23.5. The third kappa shape index (κ3) is 16.4. The number of para-hydroxylation sites is 3. The zero-order valence-corrected chi connectivity index (χ0v) is 38.8. The van der Waals surface area contributed by atoms with Crippen molar-refractivity contribution in [1.29, 1.82) is 5.26 Å². The van der Waals surface area contributed by atoms with Crippen LogP contribution >= 0.6 is 0 Å². The van der Waals surface area contributed by atoms with Gasteiger partial charge in [0.25, 0.3) is 21.8 Å². The molecule has 0 aromatic heterocycles. The molecule has 0 fully saturated rings. The second kappa shape index (κ2) is 24.8. The van der Waals surface area contributed by atoms with Crippen LogP contribution in [0.25, 0.3) is 0 Å². The van der Waals surface area contributed by atoms with Crippen molar-refractivity contribution < 1.29 is 45.9 Å². The third-order valence-electron chi connectivity index (χ3n) is 9.47. The highest BCUT2D eigenvalue weighted by Crippen LogP contribution is 2.23. The molecule has 69 heavy (non-hydrogen) atoms. The zero-order valence-electron chi connectivity index (χ0n) is 37.2. The first-order valence-electron chi connectivity index (χ1n) is 20.1. The van der Waals surface area contributed by atoms with E-state index in [1.54, 1.807) is 96.9 Å². The summed E-state index contributed by atoms with van der Waals surface area (Å²) < 4.78 is 51.8. The van der Waals surface area contributed by atoms with Gasteiger partial charge >= 0.3 is 5.97 Å². The molecule has 0 radical (unpaired) electrons. The fourth-order valence-electron chi connectivity index (χ4n) is 5.88. The van der Waals surface area contributed by atoms with E-state index < -0.39 is 31.9 Å². The Morgan fingerprint density at radius 2 is 1.14 bits per heavy atom. The Labute approximate surface area is 401 Å². The van der Waals surface area contributed by atoms with Gasteiger partial charge in [0.05, 0.1) is 62.4 Å². The second-order valence-corrected chi connectivity index (χ2v) is 18.0. The molecule has 0 saturated carbocycles. The number of carbonyl (C=O) groups excluding carboxylic acids is 4. The van der Waals surface area contributed by atoms with E-state index in [2.05, 4.69) is 26.7 Å². The van der Waals surface area contributed by atoms with E-state index in [4.69, 9.17) is 16.1 Å². The number of aromatic carboxylic acids is 1. The summed E-state index contributed by atoms with van der Waals surface area (Å²) in [5.74, 6) is -1.73. The lowest BCUT2D eigenvalue weighted by atomic mass is 10.1. The Morgan fingerprint density at radius 1 is 0.667 bits per heavy atom. The molecule has 0 aliphatic rings. The molecule has 6 aromatic rings. The number of rotatable bonds is 15. The first-order chi connectivity index (χ1) is 32.1. The number of carbonyl (C=O) groups is 5. The van der Waals surface area contributed by atoms with Crippen molar-refractivity contribution in [2.24, 2.45) is 5.73 Å². The molecule has 0 atom stereocenters. The third-order valence-corrected chi connectivity index (χ3v) is 11.4. The van der Waals surface area contributed by atoms with E-state index in [0.717, 1.165) is 11.8 Å². The minimum Gasteiger partial charge on any atom is -0.478 e. The minimum absolute atomic E-state index is 0. The standard InChI is InChI=1S/C17H16N4O.C17H18N2O4S.C15H13NO5S.CH4/c1-12(19)21(2)16-6-4-3-5-15(16)17(22)20-14-9-7-13(11-18)8-10-14;1-12(20)14-9-7-13(8-10-14)11-18-17(21)15-5-3-4-6-16(15)19-24(2,22)23;1-10(17)11-6-8-12(9-7-11)22(20,21)16-14-5-3-2-4-13(14)15(18)19;/h3-10H,1,19H2,2H3,(H,20,22);3-10,19H,11H2,1-2H3,(H,18,21);2-9,16H,1H3,(H,18,19);1H4. The summed E-state index contributed by atoms with van der Waals surface area (Å²) in [6, 6.07) is 40.2. The summed E-state index contributed by atoms with van der Waals surface area (Å²) in [7, 11) is -5.67. The number of amides is 2. The smallest absolute Gasteiger partial charge is 0.337 e. The van der Waals surface area contributed by atoms with Crippen LogP contribution in [0.4, 0.5) is 22.7 Å². The van der Waals surface area contributed by atoms with E-state index in [1.807, 2.05) is 12.1 Å². The lowest BCUT2D eigenvalue weighted by Crippen LogP contribution is -2.25. The summed E-state index contributed by atoms with van der Waals surface area (Å²) in [5, 5.41) is 23.4. The summed E-state index contributed by atoms with van der Waals surface area (Å²) >= 11 is 0. The lowest BCUT2D eigenvalue weighted by molar-refractivity contribution is 0.0697. The number of nitrogens with two attached hydrogens (primary N) is 1. The van der Waals surface area contributed by atoms with Crippen molar-refractivity contribution in [2.45, 2.75) is 32.7 Å². The van der Waals surface area contributed by atoms with Crippen LogP contribution in [-0.2, 0) is 26.6 Å². The number of ketones is 2. The van der Waals surface area contributed by atoms with Crippen LogP contribution < -0.4 is 30.7 Å². The normalized spacial score (nSPS) is 10.4. The predicted octanol–water partition coefficient (Wildman–Crippen LogP) is 7.89. The maximum Gasteiger partial charge on any atom is 0.337 e. The van der Waals surface area contributed by atoms with Crippen LogP contribution in [0.15, 0.2) is 163 Å². The summed E-state index contributed by atoms with van der Waals surface area (Å²) in [5.41, 5.74) is 10.1. The van der Waals surface area contributed by atoms with E-state index in [0.29, 0.717) is 39.4 Å². The molecule has 0 bridgehead atoms. The minimum atomic E-state index is -3.94. The van der Waals surface area contributed by atoms with Gasteiger partial charge in [-0.05, 0) is 92.2 Å². The average Bonchev–Trinajstić information content (AvgIpc) is 3.31. The fourth-order valence-corrected chi connectivity index (χ4v) is 7.53. The quantitative estimate of drug-likeness (QED) is 0.0535. The molecular weight excluding hydrogens is 923 g/mol. The van der Waals surface area contributed by atoms with Gasteiger partial charge in [0.2, 0.25) is 10.0 Å². The molecule has 7 N–H and O–H groups in total. The van der Waals surface area contributed by atoms with Crippen LogP contribution in [0, 0.1) is 11.3 Å². The van der Waals surface area contributed by atoms with Crippen molar-refractivity contribution in [3.8, 4) is 6.07 Å². The van der Waals surface area contributed by atoms with E-state index >= 15 is 0 Å². The molecule has 6 rings (SSSR count). The monoisotopic (exact) mass is 973 g/mol. The number of carboxylic acid groups (broad SMARTS) is 1. The fraction of sp³-hybridized carbons (Fsp3) is 0.120. The highest BCUT2D eigenvalue weighted by Gasteiger charge is 2.19. The lowest BCUT2D eigenvalue weighted by Gasteiger charge is -2.21. The number of sulfonamides is 2. The highest BCUT2D eigenvalue weighted by atomic mass is 32.2. The number of hydrogen-bond donors (Lipinski definition) is 6. The maximum atomic E-state index is 12.4. The van der Waals surface area contributed by atoms with Crippen molar-refractivity contribution in [3.05, 3.63) is 197 Å². The number of nitriles is 1. The average molecular weight is 974 g/mol. The molecule has 0 aliphatic heterocycles. The maximum absolute atomic E-state index is 12.4. The Hall–Kier alpha value is -8.60. The zero-order chi connectivity index (χ0) is 50.2. The van der Waals surface area contributed by atoms with Crippen LogP contribution in [0.2, 0.25) is 0 Å². The molecule has 358 valence electrons. The second-order valence-electron chi connectivity index (χ2n) is 14.6. The van der Waals surface area contributed by atoms with Gasteiger partial charge in [-0.2, -0.15) is 5.26 Å². The summed E-state index contributed by atoms with van der Waals surface area (Å²) in [4.78, 5) is 59.8. The van der Waals surface area contributed by atoms with Crippen LogP contribution in [0.1, 0.15) is 84.2 Å². The van der Waals surface area contributed by atoms with Gasteiger partial charge in [-0.1, -0.05) is 86.8 Å². The van der Waals surface area contributed by atoms with Crippen LogP contribution in [0.5, 0.6) is 0 Å². The molecule has 0 heterocycles. The molecule has 0 saturated heterocycles. The Balaban J connectivity index is 0.000000272. The van der Waals surface area contributed by atoms with Crippen molar-refractivity contribution in [2.75, 3.05) is 33.0 Å². The summed E-state index contributed by atoms with van der Waals surface area (Å²) in [6.45, 7) is 6.81. The van der Waals surface area contributed by atoms with Crippen molar-refractivity contribution in [1.82, 2.24) is 5.32 Å². The molecule has 19 heteroatoms. The van der Waals surface area contributed by atoms with Gasteiger partial charge in [0.15, 0.2) is 11.6 Å². The van der Waals surface area contributed by atoms with Gasteiger partial charge in [0.1, 0.15) is 0 Å².